The van der Waals surface area contributed by atoms with Crippen LogP contribution < -0.4 is 10.1 Å². The molecule has 0 aliphatic rings. The number of ether oxygens (including phenoxy) is 2. The fourth-order valence-corrected chi connectivity index (χ4v) is 2.67. The Hall–Kier alpha value is -3.32. The predicted molar refractivity (Wildman–Crippen MR) is 106 cm³/mol. The third-order valence-electron chi connectivity index (χ3n) is 3.95. The van der Waals surface area contributed by atoms with Crippen LogP contribution in [0.3, 0.4) is 0 Å². The second-order valence-corrected chi connectivity index (χ2v) is 6.31. The molecule has 1 aromatic heterocycles. The number of hydrogen-bond acceptors (Lipinski definition) is 5. The first kappa shape index (κ1) is 19.4. The Balaban J connectivity index is 1.62. The van der Waals surface area contributed by atoms with Crippen LogP contribution in [-0.2, 0) is 16.6 Å². The molecule has 0 bridgehead atoms. The van der Waals surface area contributed by atoms with E-state index in [9.17, 15) is 9.59 Å². The van der Waals surface area contributed by atoms with Gasteiger partial charge in [-0.15, -0.1) is 0 Å². The second-order valence-electron chi connectivity index (χ2n) is 5.87. The minimum atomic E-state index is -0.639. The summed E-state index contributed by atoms with van der Waals surface area (Å²) >= 11 is 5.90. The molecule has 0 spiro atoms. The lowest BCUT2D eigenvalue weighted by atomic mass is 10.1. The van der Waals surface area contributed by atoms with Gasteiger partial charge in [-0.05, 0) is 24.3 Å². The number of carbonyl (C=O) groups is 2. The molecule has 144 valence electrons. The number of nitrogens with one attached hydrogen (secondary N) is 1. The molecule has 1 amide bonds. The number of aryl methyl sites for hydroxylation is 1. The van der Waals surface area contributed by atoms with Crippen molar-refractivity contribution in [2.24, 2.45) is 7.05 Å². The molecule has 7 nitrogen and oxygen atoms in total. The van der Waals surface area contributed by atoms with E-state index < -0.39 is 18.5 Å². The zero-order chi connectivity index (χ0) is 20.1. The van der Waals surface area contributed by atoms with Gasteiger partial charge in [-0.1, -0.05) is 35.9 Å². The highest BCUT2D eigenvalue weighted by molar-refractivity contribution is 6.30. The summed E-state index contributed by atoms with van der Waals surface area (Å²) in [6.07, 6.45) is 0. The molecular formula is C20H18ClN3O4. The quantitative estimate of drug-likeness (QED) is 0.641. The Kier molecular flexibility index (Phi) is 5.96. The molecule has 0 aliphatic carbocycles. The Morgan fingerprint density at radius 3 is 2.57 bits per heavy atom. The van der Waals surface area contributed by atoms with Crippen molar-refractivity contribution in [3.05, 3.63) is 65.2 Å². The van der Waals surface area contributed by atoms with Gasteiger partial charge >= 0.3 is 5.97 Å². The van der Waals surface area contributed by atoms with Gasteiger partial charge in [0.2, 0.25) is 0 Å². The lowest BCUT2D eigenvalue weighted by Crippen LogP contribution is -2.22. The van der Waals surface area contributed by atoms with Crippen molar-refractivity contribution in [1.29, 1.82) is 0 Å². The Morgan fingerprint density at radius 2 is 1.86 bits per heavy atom. The van der Waals surface area contributed by atoms with Gasteiger partial charge in [-0.25, -0.2) is 4.79 Å². The summed E-state index contributed by atoms with van der Waals surface area (Å²) in [5.74, 6) is -0.260. The van der Waals surface area contributed by atoms with E-state index in [0.717, 1.165) is 5.56 Å². The molecule has 1 N–H and O–H groups in total. The number of amides is 1. The highest BCUT2D eigenvalue weighted by atomic mass is 35.5. The highest BCUT2D eigenvalue weighted by Gasteiger charge is 2.16. The number of aromatic nitrogens is 2. The first-order valence-electron chi connectivity index (χ1n) is 8.38. The fourth-order valence-electron chi connectivity index (χ4n) is 2.55. The van der Waals surface area contributed by atoms with Crippen molar-refractivity contribution < 1.29 is 19.1 Å². The summed E-state index contributed by atoms with van der Waals surface area (Å²) in [4.78, 5) is 24.3. The number of nitrogens with zero attached hydrogens (tertiary/aromatic N) is 2. The van der Waals surface area contributed by atoms with E-state index in [2.05, 4.69) is 10.4 Å². The van der Waals surface area contributed by atoms with Gasteiger partial charge in [0.05, 0.1) is 12.8 Å². The van der Waals surface area contributed by atoms with Crippen molar-refractivity contribution in [1.82, 2.24) is 9.78 Å². The molecule has 2 aromatic carbocycles. The van der Waals surface area contributed by atoms with Crippen LogP contribution in [-0.4, -0.2) is 35.4 Å². The molecule has 8 heteroatoms. The summed E-state index contributed by atoms with van der Waals surface area (Å²) in [6.45, 7) is -0.432. The van der Waals surface area contributed by atoms with Crippen LogP contribution in [0, 0.1) is 0 Å². The van der Waals surface area contributed by atoms with E-state index >= 15 is 0 Å². The second kappa shape index (κ2) is 8.58. The van der Waals surface area contributed by atoms with E-state index in [1.54, 1.807) is 49.5 Å². The zero-order valence-electron chi connectivity index (χ0n) is 15.3. The minimum absolute atomic E-state index is 0.253. The number of carbonyl (C=O) groups excluding carboxylic acids is 2. The first-order chi connectivity index (χ1) is 13.5. The summed E-state index contributed by atoms with van der Waals surface area (Å²) in [5.41, 5.74) is 1.80. The van der Waals surface area contributed by atoms with Crippen molar-refractivity contribution in [3.8, 4) is 17.0 Å². The van der Waals surface area contributed by atoms with Gasteiger partial charge in [0.15, 0.2) is 6.61 Å². The van der Waals surface area contributed by atoms with E-state index in [1.165, 1.54) is 11.8 Å². The monoisotopic (exact) mass is 399 g/mol. The van der Waals surface area contributed by atoms with Gasteiger partial charge in [-0.2, -0.15) is 5.10 Å². The van der Waals surface area contributed by atoms with Gasteiger partial charge in [-0.3, -0.25) is 9.48 Å². The summed E-state index contributed by atoms with van der Waals surface area (Å²) in [5, 5.41) is 7.67. The minimum Gasteiger partial charge on any atom is -0.496 e. The molecule has 0 saturated heterocycles. The number of para-hydroxylation sites is 1. The van der Waals surface area contributed by atoms with E-state index in [1.807, 2.05) is 12.1 Å². The molecule has 0 unspecified atom stereocenters. The van der Waals surface area contributed by atoms with Crippen LogP contribution >= 0.6 is 11.6 Å². The zero-order valence-corrected chi connectivity index (χ0v) is 16.1. The normalized spacial score (nSPS) is 10.4. The van der Waals surface area contributed by atoms with Gasteiger partial charge < -0.3 is 14.8 Å². The lowest BCUT2D eigenvalue weighted by molar-refractivity contribution is -0.119. The standard InChI is InChI=1S/C20H18ClN3O4/c1-24-18(11-16(23-24)13-7-9-14(21)10-8-13)22-19(25)12-28-20(26)15-5-3-4-6-17(15)27-2/h3-11H,12H2,1-2H3,(H,22,25). The van der Waals surface area contributed by atoms with Gasteiger partial charge in [0.25, 0.3) is 5.91 Å². The van der Waals surface area contributed by atoms with Crippen molar-refractivity contribution in [3.63, 3.8) is 0 Å². The van der Waals surface area contributed by atoms with Crippen LogP contribution in [0.5, 0.6) is 5.75 Å². The average Bonchev–Trinajstić information content (AvgIpc) is 3.06. The molecule has 0 atom stereocenters. The number of anilines is 1. The lowest BCUT2D eigenvalue weighted by Gasteiger charge is -2.09. The van der Waals surface area contributed by atoms with Crippen LogP contribution in [0.25, 0.3) is 11.3 Å². The number of hydrogen-bond donors (Lipinski definition) is 1. The molecule has 0 aliphatic heterocycles. The van der Waals surface area contributed by atoms with Crippen molar-refractivity contribution in [2.45, 2.75) is 0 Å². The summed E-state index contributed by atoms with van der Waals surface area (Å²) in [6, 6.07) is 15.6. The third-order valence-corrected chi connectivity index (χ3v) is 4.20. The molecule has 3 aromatic rings. The SMILES string of the molecule is COc1ccccc1C(=O)OCC(=O)Nc1cc(-c2ccc(Cl)cc2)nn1C. The maximum atomic E-state index is 12.2. The average molecular weight is 400 g/mol. The summed E-state index contributed by atoms with van der Waals surface area (Å²) < 4.78 is 11.7. The third kappa shape index (κ3) is 4.50. The van der Waals surface area contributed by atoms with Crippen molar-refractivity contribution >= 4 is 29.3 Å². The molecule has 0 saturated carbocycles. The predicted octanol–water partition coefficient (Wildman–Crippen LogP) is 3.54. The number of benzene rings is 2. The highest BCUT2D eigenvalue weighted by Crippen LogP contribution is 2.23. The number of esters is 1. The Morgan fingerprint density at radius 1 is 1.14 bits per heavy atom. The smallest absolute Gasteiger partial charge is 0.342 e. The number of rotatable bonds is 6. The van der Waals surface area contributed by atoms with E-state index in [-0.39, 0.29) is 5.56 Å². The largest absolute Gasteiger partial charge is 0.496 e. The molecule has 1 heterocycles. The number of halogens is 1. The van der Waals surface area contributed by atoms with Crippen LogP contribution in [0.1, 0.15) is 10.4 Å². The van der Waals surface area contributed by atoms with Crippen LogP contribution in [0.15, 0.2) is 54.6 Å². The van der Waals surface area contributed by atoms with Crippen LogP contribution in [0.4, 0.5) is 5.82 Å². The molecule has 0 radical (unpaired) electrons. The molecule has 28 heavy (non-hydrogen) atoms. The fraction of sp³-hybridized carbons (Fsp3) is 0.150. The summed E-state index contributed by atoms with van der Waals surface area (Å²) in [7, 11) is 3.16. The first-order valence-corrected chi connectivity index (χ1v) is 8.75. The van der Waals surface area contributed by atoms with Crippen LogP contribution in [0.2, 0.25) is 5.02 Å². The number of methoxy groups -OCH3 is 1. The van der Waals surface area contributed by atoms with E-state index in [4.69, 9.17) is 21.1 Å². The van der Waals surface area contributed by atoms with Crippen molar-refractivity contribution in [2.75, 3.05) is 19.0 Å². The molecular weight excluding hydrogens is 382 g/mol. The van der Waals surface area contributed by atoms with Gasteiger partial charge in [0.1, 0.15) is 17.1 Å². The molecule has 0 fully saturated rings. The maximum Gasteiger partial charge on any atom is 0.342 e. The van der Waals surface area contributed by atoms with Gasteiger partial charge in [0, 0.05) is 23.7 Å². The Labute approximate surface area is 166 Å². The maximum absolute atomic E-state index is 12.2. The topological polar surface area (TPSA) is 82.4 Å². The molecule has 3 rings (SSSR count). The van der Waals surface area contributed by atoms with E-state index in [0.29, 0.717) is 22.3 Å². The Bertz CT molecular complexity index is 999.